The Kier molecular flexibility index (Phi) is 4.21. The molecule has 0 spiro atoms. The Hall–Kier alpha value is -3.61. The second kappa shape index (κ2) is 6.48. The monoisotopic (exact) mass is 338 g/mol. The van der Waals surface area contributed by atoms with Crippen LogP contribution in [-0.2, 0) is 0 Å². The van der Waals surface area contributed by atoms with E-state index in [0.29, 0.717) is 22.4 Å². The molecule has 0 bridgehead atoms. The van der Waals surface area contributed by atoms with Crippen LogP contribution in [0.4, 0.5) is 5.69 Å². The molecule has 0 unspecified atom stereocenters. The highest BCUT2D eigenvalue weighted by atomic mass is 16.5. The zero-order chi connectivity index (χ0) is 18.0. The molecule has 2 aromatic carbocycles. The summed E-state index contributed by atoms with van der Waals surface area (Å²) in [4.78, 5) is 35.1. The minimum Gasteiger partial charge on any atom is -0.545 e. The van der Waals surface area contributed by atoms with Gasteiger partial charge in [-0.15, -0.1) is 0 Å². The molecule has 7 heteroatoms. The summed E-state index contributed by atoms with van der Waals surface area (Å²) in [6, 6.07) is 11.7. The third-order valence-corrected chi connectivity index (χ3v) is 3.56. The fourth-order valence-corrected chi connectivity index (χ4v) is 2.27. The predicted octanol–water partition coefficient (Wildman–Crippen LogP) is 1.42. The van der Waals surface area contributed by atoms with Gasteiger partial charge < -0.3 is 24.4 Å². The van der Waals surface area contributed by atoms with E-state index in [2.05, 4.69) is 5.32 Å². The summed E-state index contributed by atoms with van der Waals surface area (Å²) >= 11 is 0. The number of carbonyl (C=O) groups is 2. The van der Waals surface area contributed by atoms with Crippen molar-refractivity contribution in [2.24, 2.45) is 0 Å². The predicted molar refractivity (Wildman–Crippen MR) is 87.8 cm³/mol. The van der Waals surface area contributed by atoms with Crippen LogP contribution in [0.5, 0.6) is 5.75 Å². The number of ether oxygens (including phenoxy) is 1. The Bertz CT molecular complexity index is 1020. The van der Waals surface area contributed by atoms with E-state index in [9.17, 15) is 19.5 Å². The lowest BCUT2D eigenvalue weighted by Gasteiger charge is -2.07. The summed E-state index contributed by atoms with van der Waals surface area (Å²) in [6.45, 7) is 0. The lowest BCUT2D eigenvalue weighted by molar-refractivity contribution is -0.255. The average Bonchev–Trinajstić information content (AvgIpc) is 2.61. The van der Waals surface area contributed by atoms with Gasteiger partial charge in [-0.3, -0.25) is 4.79 Å². The van der Waals surface area contributed by atoms with Gasteiger partial charge in [0.25, 0.3) is 5.91 Å². The molecule has 25 heavy (non-hydrogen) atoms. The summed E-state index contributed by atoms with van der Waals surface area (Å²) in [5.74, 6) is -1.42. The van der Waals surface area contributed by atoms with Crippen LogP contribution in [0.25, 0.3) is 11.0 Å². The summed E-state index contributed by atoms with van der Waals surface area (Å²) in [7, 11) is 1.50. The fraction of sp³-hybridized carbons (Fsp3) is 0.0556. The van der Waals surface area contributed by atoms with Gasteiger partial charge in [-0.2, -0.15) is 0 Å². The van der Waals surface area contributed by atoms with Crippen molar-refractivity contribution in [2.45, 2.75) is 0 Å². The molecule has 1 aromatic heterocycles. The highest BCUT2D eigenvalue weighted by molar-refractivity contribution is 6.05. The number of carbonyl (C=O) groups excluding carboxylic acids is 2. The highest BCUT2D eigenvalue weighted by Crippen LogP contribution is 2.20. The summed E-state index contributed by atoms with van der Waals surface area (Å²) in [6.07, 6.45) is 0. The van der Waals surface area contributed by atoms with Gasteiger partial charge in [0, 0.05) is 11.1 Å². The zero-order valence-corrected chi connectivity index (χ0v) is 13.1. The van der Waals surface area contributed by atoms with Gasteiger partial charge in [-0.25, -0.2) is 4.79 Å². The number of methoxy groups -OCH3 is 1. The maximum Gasteiger partial charge on any atom is 0.349 e. The van der Waals surface area contributed by atoms with Gasteiger partial charge in [0.2, 0.25) is 0 Å². The Balaban J connectivity index is 1.91. The molecule has 1 amide bonds. The Morgan fingerprint density at radius 2 is 1.80 bits per heavy atom. The summed E-state index contributed by atoms with van der Waals surface area (Å²) < 4.78 is 10.2. The Morgan fingerprint density at radius 3 is 2.44 bits per heavy atom. The van der Waals surface area contributed by atoms with E-state index >= 15 is 0 Å². The number of hydrogen-bond acceptors (Lipinski definition) is 6. The summed E-state index contributed by atoms with van der Waals surface area (Å²) in [5, 5.41) is 13.8. The fourth-order valence-electron chi connectivity index (χ4n) is 2.27. The third kappa shape index (κ3) is 3.35. The van der Waals surface area contributed by atoms with Crippen molar-refractivity contribution in [2.75, 3.05) is 12.4 Å². The molecule has 0 atom stereocenters. The van der Waals surface area contributed by atoms with Crippen molar-refractivity contribution in [1.29, 1.82) is 0 Å². The van der Waals surface area contributed by atoms with Crippen LogP contribution in [0, 0.1) is 0 Å². The quantitative estimate of drug-likeness (QED) is 0.721. The summed E-state index contributed by atoms with van der Waals surface area (Å²) in [5.41, 5.74) is -0.303. The van der Waals surface area contributed by atoms with Crippen LogP contribution in [0.1, 0.15) is 20.7 Å². The Morgan fingerprint density at radius 1 is 1.08 bits per heavy atom. The molecule has 0 aliphatic rings. The minimum atomic E-state index is -1.32. The lowest BCUT2D eigenvalue weighted by atomic mass is 10.1. The van der Waals surface area contributed by atoms with Gasteiger partial charge in [-0.05, 0) is 42.0 Å². The van der Waals surface area contributed by atoms with E-state index in [1.807, 2.05) is 0 Å². The van der Waals surface area contributed by atoms with Gasteiger partial charge >= 0.3 is 5.63 Å². The lowest BCUT2D eigenvalue weighted by Crippen LogP contribution is -2.22. The number of hydrogen-bond donors (Lipinski definition) is 1. The second-order valence-electron chi connectivity index (χ2n) is 5.17. The first-order chi connectivity index (χ1) is 12.0. The van der Waals surface area contributed by atoms with Gasteiger partial charge in [0.05, 0.1) is 13.1 Å². The molecule has 3 rings (SSSR count). The van der Waals surface area contributed by atoms with Crippen LogP contribution in [0.2, 0.25) is 0 Å². The zero-order valence-electron chi connectivity index (χ0n) is 13.1. The standard InChI is InChI=1S/C18H13NO6/c1-24-13-6-7-15-11(8-13)9-14(18(23)25-15)16(20)19-12-4-2-10(3-5-12)17(21)22/h2-9H,1H3,(H,19,20)(H,21,22)/p-1. The number of carboxylic acids is 1. The van der Waals surface area contributed by atoms with Crippen molar-refractivity contribution >= 4 is 28.5 Å². The highest BCUT2D eigenvalue weighted by Gasteiger charge is 2.14. The van der Waals surface area contributed by atoms with Crippen molar-refractivity contribution in [1.82, 2.24) is 0 Å². The first-order valence-electron chi connectivity index (χ1n) is 7.22. The maximum atomic E-state index is 12.3. The van der Waals surface area contributed by atoms with Gasteiger partial charge in [-0.1, -0.05) is 12.1 Å². The molecule has 0 fully saturated rings. The largest absolute Gasteiger partial charge is 0.545 e. The molecule has 126 valence electrons. The SMILES string of the molecule is COc1ccc2oc(=O)c(C(=O)Nc3ccc(C(=O)[O-])cc3)cc2c1. The van der Waals surface area contributed by atoms with Crippen molar-refractivity contribution in [3.8, 4) is 5.75 Å². The number of carboxylic acid groups (broad SMARTS) is 1. The molecule has 3 aromatic rings. The number of fused-ring (bicyclic) bond motifs is 1. The molecular weight excluding hydrogens is 326 g/mol. The van der Waals surface area contributed by atoms with E-state index in [1.54, 1.807) is 18.2 Å². The molecule has 0 saturated carbocycles. The molecule has 1 heterocycles. The third-order valence-electron chi connectivity index (χ3n) is 3.56. The number of anilines is 1. The maximum absolute atomic E-state index is 12.3. The smallest absolute Gasteiger partial charge is 0.349 e. The van der Waals surface area contributed by atoms with E-state index in [0.717, 1.165) is 0 Å². The van der Waals surface area contributed by atoms with Crippen LogP contribution in [-0.4, -0.2) is 19.0 Å². The second-order valence-corrected chi connectivity index (χ2v) is 5.17. The number of aromatic carboxylic acids is 1. The number of rotatable bonds is 4. The van der Waals surface area contributed by atoms with Gasteiger partial charge in [0.1, 0.15) is 16.9 Å². The minimum absolute atomic E-state index is 0.0182. The van der Waals surface area contributed by atoms with E-state index < -0.39 is 17.5 Å². The van der Waals surface area contributed by atoms with E-state index in [4.69, 9.17) is 9.15 Å². The first kappa shape index (κ1) is 16.3. The average molecular weight is 338 g/mol. The molecule has 0 radical (unpaired) electrons. The van der Waals surface area contributed by atoms with Crippen LogP contribution >= 0.6 is 0 Å². The number of nitrogens with one attached hydrogen (secondary N) is 1. The molecule has 0 aliphatic heterocycles. The Labute approximate surface area is 141 Å². The topological polar surface area (TPSA) is 109 Å². The van der Waals surface area contributed by atoms with Gasteiger partial charge in [0.15, 0.2) is 0 Å². The van der Waals surface area contributed by atoms with Crippen molar-refractivity contribution in [3.63, 3.8) is 0 Å². The molecule has 7 nitrogen and oxygen atoms in total. The van der Waals surface area contributed by atoms with E-state index in [1.165, 1.54) is 37.4 Å². The van der Waals surface area contributed by atoms with E-state index in [-0.39, 0.29) is 11.1 Å². The first-order valence-corrected chi connectivity index (χ1v) is 7.22. The van der Waals surface area contributed by atoms with Crippen LogP contribution in [0.15, 0.2) is 57.7 Å². The molecule has 0 saturated heterocycles. The van der Waals surface area contributed by atoms with Crippen molar-refractivity contribution in [3.05, 3.63) is 70.1 Å². The van der Waals surface area contributed by atoms with Crippen molar-refractivity contribution < 1.29 is 23.8 Å². The molecule has 1 N–H and O–H groups in total. The molecule has 0 aliphatic carbocycles. The number of amides is 1. The normalized spacial score (nSPS) is 10.4. The van der Waals surface area contributed by atoms with Crippen LogP contribution < -0.4 is 20.8 Å². The van der Waals surface area contributed by atoms with Crippen LogP contribution in [0.3, 0.4) is 0 Å². The molecular formula is C18H12NO6-. The number of benzene rings is 2.